The van der Waals surface area contributed by atoms with E-state index in [1.54, 1.807) is 19.2 Å². The minimum absolute atomic E-state index is 0.174. The van der Waals surface area contributed by atoms with E-state index in [4.69, 9.17) is 0 Å². The Balaban J connectivity index is 2.11. The topological polar surface area (TPSA) is 33.2 Å². The van der Waals surface area contributed by atoms with E-state index >= 15 is 0 Å². The molecule has 0 fully saturated rings. The Morgan fingerprint density at radius 3 is 2.60 bits per heavy atom. The van der Waals surface area contributed by atoms with Crippen molar-refractivity contribution in [1.29, 1.82) is 0 Å². The highest BCUT2D eigenvalue weighted by atomic mass is 79.9. The maximum Gasteiger partial charge on any atom is 0.272 e. The first-order valence-electron chi connectivity index (χ1n) is 5.78. The fraction of sp³-hybridized carbons (Fsp3) is 0.143. The number of halogens is 3. The van der Waals surface area contributed by atoms with Crippen molar-refractivity contribution in [3.63, 3.8) is 0 Å². The number of carbonyl (C=O) groups excluding carboxylic acids is 1. The molecule has 20 heavy (non-hydrogen) atoms. The summed E-state index contributed by atoms with van der Waals surface area (Å²) in [5.74, 6) is -2.12. The van der Waals surface area contributed by atoms with Crippen LogP contribution in [-0.4, -0.2) is 22.8 Å². The van der Waals surface area contributed by atoms with Crippen LogP contribution in [0.25, 0.3) is 0 Å². The fourth-order valence-corrected chi connectivity index (χ4v) is 1.92. The minimum Gasteiger partial charge on any atom is -0.336 e. The molecular formula is C14H11BrF2N2O. The SMILES string of the molecule is CN(Cc1ccc(F)c(F)c1)C(=O)c1ccc(Br)cn1. The van der Waals surface area contributed by atoms with Crippen LogP contribution in [0.2, 0.25) is 0 Å². The third-order valence-corrected chi connectivity index (χ3v) is 3.17. The molecule has 0 aliphatic heterocycles. The summed E-state index contributed by atoms with van der Waals surface area (Å²) in [4.78, 5) is 17.5. The molecule has 0 bridgehead atoms. The number of carbonyl (C=O) groups is 1. The highest BCUT2D eigenvalue weighted by Crippen LogP contribution is 2.13. The van der Waals surface area contributed by atoms with Gasteiger partial charge in [0.05, 0.1) is 0 Å². The number of hydrogen-bond acceptors (Lipinski definition) is 2. The van der Waals surface area contributed by atoms with Crippen LogP contribution in [0.3, 0.4) is 0 Å². The molecule has 0 spiro atoms. The summed E-state index contributed by atoms with van der Waals surface area (Å²) in [6.45, 7) is 0.174. The fourth-order valence-electron chi connectivity index (χ4n) is 1.68. The number of benzene rings is 1. The molecule has 3 nitrogen and oxygen atoms in total. The summed E-state index contributed by atoms with van der Waals surface area (Å²) in [6, 6.07) is 6.87. The Bertz CT molecular complexity index is 632. The van der Waals surface area contributed by atoms with E-state index in [0.717, 1.165) is 16.6 Å². The highest BCUT2D eigenvalue weighted by molar-refractivity contribution is 9.10. The molecule has 1 heterocycles. The molecule has 1 aromatic carbocycles. The second-order valence-corrected chi connectivity index (χ2v) is 5.19. The lowest BCUT2D eigenvalue weighted by Crippen LogP contribution is -2.27. The van der Waals surface area contributed by atoms with Gasteiger partial charge in [0.25, 0.3) is 5.91 Å². The van der Waals surface area contributed by atoms with Crippen LogP contribution in [0.1, 0.15) is 16.1 Å². The molecule has 0 unspecified atom stereocenters. The van der Waals surface area contributed by atoms with Gasteiger partial charge in [-0.05, 0) is 45.8 Å². The molecule has 0 aliphatic carbocycles. The van der Waals surface area contributed by atoms with Crippen LogP contribution in [-0.2, 0) is 6.54 Å². The van der Waals surface area contributed by atoms with E-state index in [0.29, 0.717) is 11.3 Å². The first-order valence-corrected chi connectivity index (χ1v) is 6.57. The monoisotopic (exact) mass is 340 g/mol. The van der Waals surface area contributed by atoms with Crippen LogP contribution in [0.15, 0.2) is 41.0 Å². The summed E-state index contributed by atoms with van der Waals surface area (Å²) in [6.07, 6.45) is 1.53. The molecule has 0 saturated heterocycles. The Morgan fingerprint density at radius 1 is 1.25 bits per heavy atom. The quantitative estimate of drug-likeness (QED) is 0.857. The van der Waals surface area contributed by atoms with E-state index in [1.807, 2.05) is 0 Å². The molecule has 2 aromatic rings. The molecule has 0 aliphatic rings. The van der Waals surface area contributed by atoms with Crippen molar-refractivity contribution in [2.75, 3.05) is 7.05 Å². The van der Waals surface area contributed by atoms with Gasteiger partial charge in [0.2, 0.25) is 0 Å². The van der Waals surface area contributed by atoms with E-state index in [-0.39, 0.29) is 12.5 Å². The van der Waals surface area contributed by atoms with Crippen LogP contribution in [0.4, 0.5) is 8.78 Å². The Labute approximate surface area is 123 Å². The molecule has 0 N–H and O–H groups in total. The largest absolute Gasteiger partial charge is 0.336 e. The van der Waals surface area contributed by atoms with Crippen LogP contribution in [0, 0.1) is 11.6 Å². The second-order valence-electron chi connectivity index (χ2n) is 4.27. The Morgan fingerprint density at radius 2 is 2.00 bits per heavy atom. The van der Waals surface area contributed by atoms with Gasteiger partial charge in [0.1, 0.15) is 5.69 Å². The molecule has 0 saturated carbocycles. The van der Waals surface area contributed by atoms with E-state index in [2.05, 4.69) is 20.9 Å². The van der Waals surface area contributed by atoms with Crippen LogP contribution in [0.5, 0.6) is 0 Å². The maximum absolute atomic E-state index is 13.1. The normalized spacial score (nSPS) is 10.4. The predicted molar refractivity (Wildman–Crippen MR) is 74.1 cm³/mol. The average molecular weight is 341 g/mol. The van der Waals surface area contributed by atoms with Crippen molar-refractivity contribution < 1.29 is 13.6 Å². The number of aromatic nitrogens is 1. The van der Waals surface area contributed by atoms with E-state index < -0.39 is 11.6 Å². The summed E-state index contributed by atoms with van der Waals surface area (Å²) in [5.41, 5.74) is 0.801. The van der Waals surface area contributed by atoms with Gasteiger partial charge in [-0.25, -0.2) is 13.8 Å². The Kier molecular flexibility index (Phi) is 4.44. The number of hydrogen-bond donors (Lipinski definition) is 0. The zero-order valence-electron chi connectivity index (χ0n) is 10.6. The molecule has 1 amide bonds. The summed E-state index contributed by atoms with van der Waals surface area (Å²) < 4.78 is 26.7. The summed E-state index contributed by atoms with van der Waals surface area (Å²) in [7, 11) is 1.58. The number of amides is 1. The van der Waals surface area contributed by atoms with Crippen LogP contribution < -0.4 is 0 Å². The van der Waals surface area contributed by atoms with Gasteiger partial charge in [-0.3, -0.25) is 4.79 Å². The first kappa shape index (κ1) is 14.6. The van der Waals surface area contributed by atoms with Gasteiger partial charge in [0, 0.05) is 24.3 Å². The standard InChI is InChI=1S/C14H11BrF2N2O/c1-19(8-9-2-4-11(16)12(17)6-9)14(20)13-5-3-10(15)7-18-13/h2-7H,8H2,1H3. The Hall–Kier alpha value is -1.82. The highest BCUT2D eigenvalue weighted by Gasteiger charge is 2.14. The van der Waals surface area contributed by atoms with Gasteiger partial charge in [-0.15, -0.1) is 0 Å². The van der Waals surface area contributed by atoms with Gasteiger partial charge in [0.15, 0.2) is 11.6 Å². The average Bonchev–Trinajstić information content (AvgIpc) is 2.43. The molecule has 0 radical (unpaired) electrons. The van der Waals surface area contributed by atoms with E-state index in [1.165, 1.54) is 17.2 Å². The minimum atomic E-state index is -0.926. The maximum atomic E-state index is 13.1. The van der Waals surface area contributed by atoms with Crippen molar-refractivity contribution in [2.45, 2.75) is 6.54 Å². The lowest BCUT2D eigenvalue weighted by molar-refractivity contribution is 0.0779. The number of nitrogens with zero attached hydrogens (tertiary/aromatic N) is 2. The van der Waals surface area contributed by atoms with Gasteiger partial charge >= 0.3 is 0 Å². The number of pyridine rings is 1. The second kappa shape index (κ2) is 6.09. The zero-order valence-corrected chi connectivity index (χ0v) is 12.2. The lowest BCUT2D eigenvalue weighted by Gasteiger charge is -2.16. The molecular weight excluding hydrogens is 330 g/mol. The van der Waals surface area contributed by atoms with Crippen molar-refractivity contribution in [3.8, 4) is 0 Å². The van der Waals surface area contributed by atoms with Crippen molar-refractivity contribution in [1.82, 2.24) is 9.88 Å². The molecule has 104 valence electrons. The summed E-state index contributed by atoms with van der Waals surface area (Å²) in [5, 5.41) is 0. The van der Waals surface area contributed by atoms with Gasteiger partial charge < -0.3 is 4.90 Å². The van der Waals surface area contributed by atoms with Crippen molar-refractivity contribution in [2.24, 2.45) is 0 Å². The van der Waals surface area contributed by atoms with Gasteiger partial charge in [-0.1, -0.05) is 6.07 Å². The third-order valence-electron chi connectivity index (χ3n) is 2.70. The zero-order chi connectivity index (χ0) is 14.7. The number of rotatable bonds is 3. The van der Waals surface area contributed by atoms with E-state index in [9.17, 15) is 13.6 Å². The smallest absolute Gasteiger partial charge is 0.272 e. The van der Waals surface area contributed by atoms with Crippen LogP contribution >= 0.6 is 15.9 Å². The van der Waals surface area contributed by atoms with Gasteiger partial charge in [-0.2, -0.15) is 0 Å². The third kappa shape index (κ3) is 3.39. The van der Waals surface area contributed by atoms with Crippen molar-refractivity contribution >= 4 is 21.8 Å². The lowest BCUT2D eigenvalue weighted by atomic mass is 10.2. The van der Waals surface area contributed by atoms with Crippen molar-refractivity contribution in [3.05, 3.63) is 63.9 Å². The molecule has 2 rings (SSSR count). The summed E-state index contributed by atoms with van der Waals surface area (Å²) >= 11 is 3.24. The molecule has 6 heteroatoms. The predicted octanol–water partition coefficient (Wildman–Crippen LogP) is 3.39. The molecule has 1 aromatic heterocycles. The first-order chi connectivity index (χ1) is 9.47. The molecule has 0 atom stereocenters.